The Hall–Kier alpha value is -2.62. The predicted octanol–water partition coefficient (Wildman–Crippen LogP) is 2.54. The first-order valence-electron chi connectivity index (χ1n) is 11.3. The first-order valence-corrected chi connectivity index (χ1v) is 12.7. The summed E-state index contributed by atoms with van der Waals surface area (Å²) < 4.78 is 37.9. The number of benzene rings is 2. The number of methoxy groups -OCH3 is 1. The fraction of sp³-hybridized carbons (Fsp3) is 0.458. The molecule has 1 saturated heterocycles. The molecule has 0 radical (unpaired) electrons. The highest BCUT2D eigenvalue weighted by atomic mass is 32.2. The molecule has 2 N–H and O–H groups in total. The highest BCUT2D eigenvalue weighted by molar-refractivity contribution is 7.89. The zero-order chi connectivity index (χ0) is 23.7. The van der Waals surface area contributed by atoms with Crippen LogP contribution in [0.25, 0.3) is 0 Å². The van der Waals surface area contributed by atoms with E-state index in [0.29, 0.717) is 12.4 Å². The first-order chi connectivity index (χ1) is 15.9. The molecule has 3 rings (SSSR count). The number of piperidine rings is 1. The lowest BCUT2D eigenvalue weighted by Gasteiger charge is -2.32. The van der Waals surface area contributed by atoms with E-state index in [4.69, 9.17) is 9.47 Å². The quantitative estimate of drug-likeness (QED) is 0.519. The molecule has 0 bridgehead atoms. The van der Waals surface area contributed by atoms with E-state index in [2.05, 4.69) is 21.0 Å². The van der Waals surface area contributed by atoms with E-state index in [0.717, 1.165) is 38.2 Å². The van der Waals surface area contributed by atoms with Gasteiger partial charge in [-0.05, 0) is 61.7 Å². The Bertz CT molecular complexity index is 1000. The van der Waals surface area contributed by atoms with E-state index >= 15 is 0 Å². The van der Waals surface area contributed by atoms with Crippen molar-refractivity contribution in [1.29, 1.82) is 0 Å². The normalized spacial score (nSPS) is 15.2. The number of nitrogens with one attached hydrogen (secondary N) is 2. The monoisotopic (exact) mass is 475 g/mol. The molecule has 9 heteroatoms. The summed E-state index contributed by atoms with van der Waals surface area (Å²) in [5, 5.41) is 3.03. The van der Waals surface area contributed by atoms with Crippen LogP contribution in [-0.4, -0.2) is 58.6 Å². The van der Waals surface area contributed by atoms with Gasteiger partial charge in [-0.3, -0.25) is 9.69 Å². The molecule has 0 atom stereocenters. The third-order valence-corrected chi connectivity index (χ3v) is 7.06. The van der Waals surface area contributed by atoms with Crippen LogP contribution in [0.1, 0.15) is 31.7 Å². The van der Waals surface area contributed by atoms with Crippen molar-refractivity contribution < 1.29 is 22.7 Å². The molecule has 1 aliphatic rings. The van der Waals surface area contributed by atoms with Crippen LogP contribution in [-0.2, 0) is 21.4 Å². The van der Waals surface area contributed by atoms with Gasteiger partial charge >= 0.3 is 0 Å². The molecule has 1 fully saturated rings. The molecule has 0 unspecified atom stereocenters. The lowest BCUT2D eigenvalue weighted by atomic mass is 10.0. The summed E-state index contributed by atoms with van der Waals surface area (Å²) in [6.45, 7) is 5.07. The zero-order valence-corrected chi connectivity index (χ0v) is 20.1. The molecular formula is C24H33N3O5S. The van der Waals surface area contributed by atoms with Crippen molar-refractivity contribution in [2.45, 2.75) is 43.7 Å². The van der Waals surface area contributed by atoms with E-state index in [9.17, 15) is 13.2 Å². The van der Waals surface area contributed by atoms with Gasteiger partial charge in [-0.2, -0.15) is 0 Å². The van der Waals surface area contributed by atoms with Gasteiger partial charge in [0.25, 0.3) is 0 Å². The van der Waals surface area contributed by atoms with Crippen LogP contribution in [0.2, 0.25) is 0 Å². The molecule has 1 amide bonds. The van der Waals surface area contributed by atoms with Crippen molar-refractivity contribution in [1.82, 2.24) is 14.9 Å². The molecule has 0 aromatic heterocycles. The molecule has 0 spiro atoms. The van der Waals surface area contributed by atoms with Gasteiger partial charge in [-0.25, -0.2) is 13.1 Å². The van der Waals surface area contributed by atoms with Crippen LogP contribution >= 0.6 is 0 Å². The highest BCUT2D eigenvalue weighted by Crippen LogP contribution is 2.18. The number of carbonyl (C=O) groups excluding carboxylic acids is 1. The van der Waals surface area contributed by atoms with Crippen LogP contribution in [0.5, 0.6) is 11.5 Å². The van der Waals surface area contributed by atoms with Crippen molar-refractivity contribution in [3.05, 3.63) is 54.1 Å². The molecular weight excluding hydrogens is 442 g/mol. The number of amides is 1. The molecule has 0 aliphatic carbocycles. The van der Waals surface area contributed by atoms with Gasteiger partial charge in [-0.15, -0.1) is 0 Å². The molecule has 33 heavy (non-hydrogen) atoms. The maximum Gasteiger partial charge on any atom is 0.240 e. The summed E-state index contributed by atoms with van der Waals surface area (Å²) in [6, 6.07) is 14.4. The molecule has 0 saturated carbocycles. The van der Waals surface area contributed by atoms with Gasteiger partial charge in [0, 0.05) is 38.6 Å². The van der Waals surface area contributed by atoms with Crippen molar-refractivity contribution in [2.24, 2.45) is 0 Å². The van der Waals surface area contributed by atoms with Crippen molar-refractivity contribution in [2.75, 3.05) is 33.4 Å². The smallest absolute Gasteiger partial charge is 0.240 e. The number of nitrogens with zero attached hydrogens (tertiary/aromatic N) is 1. The maximum absolute atomic E-state index is 12.4. The first kappa shape index (κ1) is 25.0. The minimum absolute atomic E-state index is 0.0516. The van der Waals surface area contributed by atoms with Gasteiger partial charge < -0.3 is 14.8 Å². The summed E-state index contributed by atoms with van der Waals surface area (Å²) in [7, 11) is -2.00. The Morgan fingerprint density at radius 3 is 2.48 bits per heavy atom. The lowest BCUT2D eigenvalue weighted by Crippen LogP contribution is -2.45. The maximum atomic E-state index is 12.4. The van der Waals surface area contributed by atoms with Crippen LogP contribution in [0, 0.1) is 0 Å². The fourth-order valence-electron chi connectivity index (χ4n) is 3.83. The standard InChI is InChI=1S/C24H33N3O5S/c1-3-32-21-7-9-23(10-8-21)33(29,30)25-14-11-24(28)26-20-12-15-27(16-13-20)18-19-5-4-6-22(17-19)31-2/h4-10,17,20,25H,3,11-16,18H2,1-2H3,(H,26,28). The Morgan fingerprint density at radius 2 is 1.82 bits per heavy atom. The summed E-state index contributed by atoms with van der Waals surface area (Å²) in [5.74, 6) is 1.33. The highest BCUT2D eigenvalue weighted by Gasteiger charge is 2.21. The number of sulfonamides is 1. The minimum Gasteiger partial charge on any atom is -0.497 e. The van der Waals surface area contributed by atoms with Crippen LogP contribution in [0.15, 0.2) is 53.4 Å². The minimum atomic E-state index is -3.66. The summed E-state index contributed by atoms with van der Waals surface area (Å²) in [6.07, 6.45) is 1.83. The van der Waals surface area contributed by atoms with Crippen molar-refractivity contribution in [3.8, 4) is 11.5 Å². The van der Waals surface area contributed by atoms with E-state index < -0.39 is 10.0 Å². The molecule has 180 valence electrons. The number of ether oxygens (including phenoxy) is 2. The van der Waals surface area contributed by atoms with Gasteiger partial charge in [0.15, 0.2) is 0 Å². The number of rotatable bonds is 11. The number of carbonyl (C=O) groups is 1. The Labute approximate surface area is 196 Å². The number of hydrogen-bond acceptors (Lipinski definition) is 6. The SMILES string of the molecule is CCOc1ccc(S(=O)(=O)NCCC(=O)NC2CCN(Cc3cccc(OC)c3)CC2)cc1. The largest absolute Gasteiger partial charge is 0.497 e. The van der Waals surface area contributed by atoms with E-state index in [-0.39, 0.29) is 29.8 Å². The van der Waals surface area contributed by atoms with E-state index in [1.807, 2.05) is 25.1 Å². The summed E-state index contributed by atoms with van der Waals surface area (Å²) in [5.41, 5.74) is 1.21. The molecule has 2 aromatic rings. The van der Waals surface area contributed by atoms with Crippen LogP contribution in [0.4, 0.5) is 0 Å². The lowest BCUT2D eigenvalue weighted by molar-refractivity contribution is -0.121. The van der Waals surface area contributed by atoms with Gasteiger partial charge in [0.1, 0.15) is 11.5 Å². The van der Waals surface area contributed by atoms with Crippen molar-refractivity contribution in [3.63, 3.8) is 0 Å². The average molecular weight is 476 g/mol. The Morgan fingerprint density at radius 1 is 1.09 bits per heavy atom. The second-order valence-corrected chi connectivity index (χ2v) is 9.79. The molecule has 8 nitrogen and oxygen atoms in total. The third-order valence-electron chi connectivity index (χ3n) is 5.58. The zero-order valence-electron chi connectivity index (χ0n) is 19.2. The second kappa shape index (κ2) is 12.0. The summed E-state index contributed by atoms with van der Waals surface area (Å²) in [4.78, 5) is 14.8. The third kappa shape index (κ3) is 7.73. The van der Waals surface area contributed by atoms with E-state index in [1.165, 1.54) is 17.7 Å². The molecule has 1 aliphatic heterocycles. The Kier molecular flexibility index (Phi) is 9.11. The van der Waals surface area contributed by atoms with Gasteiger partial charge in [0.05, 0.1) is 18.6 Å². The average Bonchev–Trinajstić information content (AvgIpc) is 2.81. The number of likely N-dealkylation sites (tertiary alicyclic amines) is 1. The molecule has 1 heterocycles. The Balaban J connectivity index is 1.37. The second-order valence-electron chi connectivity index (χ2n) is 8.02. The van der Waals surface area contributed by atoms with E-state index in [1.54, 1.807) is 19.2 Å². The fourth-order valence-corrected chi connectivity index (χ4v) is 4.86. The molecule has 2 aromatic carbocycles. The predicted molar refractivity (Wildman–Crippen MR) is 127 cm³/mol. The van der Waals surface area contributed by atoms with Crippen LogP contribution in [0.3, 0.4) is 0 Å². The summed E-state index contributed by atoms with van der Waals surface area (Å²) >= 11 is 0. The van der Waals surface area contributed by atoms with Crippen LogP contribution < -0.4 is 19.5 Å². The van der Waals surface area contributed by atoms with Gasteiger partial charge in [-0.1, -0.05) is 12.1 Å². The van der Waals surface area contributed by atoms with Gasteiger partial charge in [0.2, 0.25) is 15.9 Å². The van der Waals surface area contributed by atoms with Crippen molar-refractivity contribution >= 4 is 15.9 Å². The topological polar surface area (TPSA) is 97.0 Å². The number of hydrogen-bond donors (Lipinski definition) is 2.